The lowest BCUT2D eigenvalue weighted by Gasteiger charge is -2.32. The highest BCUT2D eigenvalue weighted by Gasteiger charge is 2.41. The van der Waals surface area contributed by atoms with Crippen LogP contribution in [0.2, 0.25) is 0 Å². The van der Waals surface area contributed by atoms with E-state index in [4.69, 9.17) is 0 Å². The van der Waals surface area contributed by atoms with Crippen molar-refractivity contribution in [3.05, 3.63) is 35.4 Å². The average molecular weight is 368 g/mol. The number of amides is 2. The average Bonchev–Trinajstić information content (AvgIpc) is 3.01. The van der Waals surface area contributed by atoms with Gasteiger partial charge in [0, 0.05) is 19.0 Å². The molecular weight excluding hydrogens is 345 g/mol. The maximum atomic E-state index is 13.5. The first kappa shape index (κ1) is 18.7. The molecule has 1 N–H and O–H groups in total. The number of hydrogen-bond donors (Lipinski definition) is 1. The van der Waals surface area contributed by atoms with E-state index >= 15 is 0 Å². The summed E-state index contributed by atoms with van der Waals surface area (Å²) in [5.74, 6) is -0.783. The number of rotatable bonds is 4. The molecule has 26 heavy (non-hydrogen) atoms. The molecule has 3 rings (SSSR count). The minimum Gasteiger partial charge on any atom is -0.351 e. The third-order valence-electron chi connectivity index (χ3n) is 5.18. The third-order valence-corrected chi connectivity index (χ3v) is 5.18. The molecule has 1 atom stereocenters. The van der Waals surface area contributed by atoms with E-state index < -0.39 is 23.7 Å². The Bertz CT molecular complexity index is 669. The van der Waals surface area contributed by atoms with Gasteiger partial charge in [0.15, 0.2) is 0 Å². The Balaban J connectivity index is 1.94. The monoisotopic (exact) mass is 368 g/mol. The van der Waals surface area contributed by atoms with Gasteiger partial charge in [0.05, 0.1) is 5.56 Å². The number of benzene rings is 1. The molecule has 7 heteroatoms. The quantitative estimate of drug-likeness (QED) is 0.878. The van der Waals surface area contributed by atoms with E-state index in [9.17, 15) is 22.8 Å². The van der Waals surface area contributed by atoms with Crippen molar-refractivity contribution in [2.75, 3.05) is 6.54 Å². The van der Waals surface area contributed by atoms with Gasteiger partial charge in [-0.15, -0.1) is 0 Å². The van der Waals surface area contributed by atoms with E-state index in [-0.39, 0.29) is 23.9 Å². The van der Waals surface area contributed by atoms with E-state index in [0.29, 0.717) is 13.0 Å². The van der Waals surface area contributed by atoms with E-state index in [1.165, 1.54) is 23.1 Å². The first-order valence-corrected chi connectivity index (χ1v) is 9.14. The van der Waals surface area contributed by atoms with Crippen LogP contribution in [0.1, 0.15) is 62.1 Å². The second-order valence-corrected chi connectivity index (χ2v) is 7.02. The predicted molar refractivity (Wildman–Crippen MR) is 90.1 cm³/mol. The van der Waals surface area contributed by atoms with Crippen LogP contribution in [0.3, 0.4) is 0 Å². The van der Waals surface area contributed by atoms with E-state index in [0.717, 1.165) is 38.2 Å². The number of likely N-dealkylation sites (tertiary alicyclic amines) is 1. The highest BCUT2D eigenvalue weighted by atomic mass is 19.4. The van der Waals surface area contributed by atoms with Crippen LogP contribution in [0.25, 0.3) is 0 Å². The highest BCUT2D eigenvalue weighted by Crippen LogP contribution is 2.37. The topological polar surface area (TPSA) is 49.4 Å². The lowest BCUT2D eigenvalue weighted by atomic mass is 9.93. The molecule has 4 nitrogen and oxygen atoms in total. The molecule has 0 aromatic heterocycles. The molecule has 2 aliphatic rings. The summed E-state index contributed by atoms with van der Waals surface area (Å²) in [7, 11) is 0. The van der Waals surface area contributed by atoms with Crippen molar-refractivity contribution in [3.8, 4) is 0 Å². The summed E-state index contributed by atoms with van der Waals surface area (Å²) in [4.78, 5) is 26.5. The van der Waals surface area contributed by atoms with Crippen LogP contribution in [0, 0.1) is 0 Å². The van der Waals surface area contributed by atoms with Gasteiger partial charge in [-0.05, 0) is 30.9 Å². The number of hydrogen-bond acceptors (Lipinski definition) is 2. The van der Waals surface area contributed by atoms with Gasteiger partial charge in [-0.1, -0.05) is 37.5 Å². The Kier molecular flexibility index (Phi) is 5.53. The van der Waals surface area contributed by atoms with Crippen LogP contribution in [-0.4, -0.2) is 29.3 Å². The van der Waals surface area contributed by atoms with Crippen LogP contribution < -0.4 is 5.32 Å². The maximum Gasteiger partial charge on any atom is 0.416 e. The van der Waals surface area contributed by atoms with Gasteiger partial charge in [0.1, 0.15) is 6.04 Å². The van der Waals surface area contributed by atoms with Crippen molar-refractivity contribution in [2.24, 2.45) is 0 Å². The Labute approximate surface area is 150 Å². The summed E-state index contributed by atoms with van der Waals surface area (Å²) in [5.41, 5.74) is -1.01. The van der Waals surface area contributed by atoms with Gasteiger partial charge in [-0.3, -0.25) is 9.59 Å². The normalized spacial score (nSPS) is 20.3. The van der Waals surface area contributed by atoms with Gasteiger partial charge < -0.3 is 10.2 Å². The SMILES string of the molecule is O=C(NC1CCCCC1)C(c1ccccc1C(F)(F)F)N1CCCC1=O. The number of nitrogens with one attached hydrogen (secondary N) is 1. The molecule has 2 amide bonds. The second-order valence-electron chi connectivity index (χ2n) is 7.02. The largest absolute Gasteiger partial charge is 0.416 e. The lowest BCUT2D eigenvalue weighted by molar-refractivity contribution is -0.143. The molecule has 1 aromatic rings. The summed E-state index contributed by atoms with van der Waals surface area (Å²) in [6.45, 7) is 0.299. The molecule has 1 aliphatic heterocycles. The molecule has 1 aromatic carbocycles. The molecular formula is C19H23F3N2O2. The highest BCUT2D eigenvalue weighted by molar-refractivity contribution is 5.90. The summed E-state index contributed by atoms with van der Waals surface area (Å²) < 4.78 is 40.4. The lowest BCUT2D eigenvalue weighted by Crippen LogP contribution is -2.46. The van der Waals surface area contributed by atoms with Crippen LogP contribution in [-0.2, 0) is 15.8 Å². The first-order valence-electron chi connectivity index (χ1n) is 9.14. The van der Waals surface area contributed by atoms with E-state index in [1.54, 1.807) is 0 Å². The molecule has 142 valence electrons. The van der Waals surface area contributed by atoms with Crippen molar-refractivity contribution in [2.45, 2.75) is 63.2 Å². The zero-order valence-corrected chi connectivity index (χ0v) is 14.5. The maximum absolute atomic E-state index is 13.5. The third kappa shape index (κ3) is 4.02. The molecule has 0 spiro atoms. The Morgan fingerprint density at radius 3 is 2.42 bits per heavy atom. The second kappa shape index (κ2) is 7.68. The standard InChI is InChI=1S/C19H23F3N2O2/c20-19(21,22)15-10-5-4-9-14(15)17(24-12-6-11-16(24)25)18(26)23-13-7-2-1-3-8-13/h4-5,9-10,13,17H,1-3,6-8,11-12H2,(H,23,26). The molecule has 1 unspecified atom stereocenters. The molecule has 1 saturated carbocycles. The summed E-state index contributed by atoms with van der Waals surface area (Å²) >= 11 is 0. The Hall–Kier alpha value is -2.05. The summed E-state index contributed by atoms with van der Waals surface area (Å²) in [5, 5.41) is 2.89. The fourth-order valence-electron chi connectivity index (χ4n) is 3.91. The molecule has 0 bridgehead atoms. The number of halogens is 3. The molecule has 1 heterocycles. The number of carbonyl (C=O) groups excluding carboxylic acids is 2. The predicted octanol–water partition coefficient (Wildman–Crippen LogP) is 3.82. The van der Waals surface area contributed by atoms with Crippen molar-refractivity contribution in [1.82, 2.24) is 10.2 Å². The number of nitrogens with zero attached hydrogens (tertiary/aromatic N) is 1. The van der Waals surface area contributed by atoms with Gasteiger partial charge in [-0.2, -0.15) is 13.2 Å². The van der Waals surface area contributed by atoms with Gasteiger partial charge in [0.25, 0.3) is 0 Å². The minimum absolute atomic E-state index is 0.0329. The molecule has 1 aliphatic carbocycles. The van der Waals surface area contributed by atoms with Crippen LogP contribution in [0.4, 0.5) is 13.2 Å². The van der Waals surface area contributed by atoms with Crippen molar-refractivity contribution in [1.29, 1.82) is 0 Å². The van der Waals surface area contributed by atoms with Gasteiger partial charge >= 0.3 is 6.18 Å². The van der Waals surface area contributed by atoms with Crippen LogP contribution in [0.5, 0.6) is 0 Å². The zero-order chi connectivity index (χ0) is 18.7. The fraction of sp³-hybridized carbons (Fsp3) is 0.579. The molecule has 0 radical (unpaired) electrons. The van der Waals surface area contributed by atoms with Gasteiger partial charge in [0.2, 0.25) is 11.8 Å². The molecule has 2 fully saturated rings. The minimum atomic E-state index is -4.58. The van der Waals surface area contributed by atoms with Crippen molar-refractivity contribution >= 4 is 11.8 Å². The summed E-state index contributed by atoms with van der Waals surface area (Å²) in [6, 6.07) is 3.79. The van der Waals surface area contributed by atoms with Crippen molar-refractivity contribution in [3.63, 3.8) is 0 Å². The Morgan fingerprint density at radius 2 is 1.81 bits per heavy atom. The van der Waals surface area contributed by atoms with Crippen LogP contribution >= 0.6 is 0 Å². The number of alkyl halides is 3. The first-order chi connectivity index (χ1) is 12.4. The summed E-state index contributed by atoms with van der Waals surface area (Å²) in [6.07, 6.45) is 0.997. The smallest absolute Gasteiger partial charge is 0.351 e. The van der Waals surface area contributed by atoms with Crippen LogP contribution in [0.15, 0.2) is 24.3 Å². The van der Waals surface area contributed by atoms with Crippen molar-refractivity contribution < 1.29 is 22.8 Å². The Morgan fingerprint density at radius 1 is 1.12 bits per heavy atom. The zero-order valence-electron chi connectivity index (χ0n) is 14.5. The van der Waals surface area contributed by atoms with E-state index in [1.807, 2.05) is 0 Å². The molecule has 1 saturated heterocycles. The van der Waals surface area contributed by atoms with E-state index in [2.05, 4.69) is 5.32 Å². The number of carbonyl (C=O) groups is 2. The fourth-order valence-corrected chi connectivity index (χ4v) is 3.91. The van der Waals surface area contributed by atoms with Gasteiger partial charge in [-0.25, -0.2) is 0 Å².